The van der Waals surface area contributed by atoms with Gasteiger partial charge in [0.05, 0.1) is 35.1 Å². The van der Waals surface area contributed by atoms with Crippen LogP contribution in [0.5, 0.6) is 0 Å². The first-order valence-electron chi connectivity index (χ1n) is 9.28. The molecule has 7 nitrogen and oxygen atoms in total. The summed E-state index contributed by atoms with van der Waals surface area (Å²) in [5.41, 5.74) is 2.45. The normalized spacial score (nSPS) is 14.2. The van der Waals surface area contributed by atoms with Gasteiger partial charge in [-0.25, -0.2) is 9.78 Å². The first kappa shape index (κ1) is 19.8. The summed E-state index contributed by atoms with van der Waals surface area (Å²) in [5.74, 6) is -0.608. The smallest absolute Gasteiger partial charge is 0.357 e. The Morgan fingerprint density at radius 2 is 1.97 bits per heavy atom. The minimum Gasteiger partial charge on any atom is -0.464 e. The highest BCUT2D eigenvalue weighted by atomic mass is 127. The molecule has 1 aromatic carbocycles. The molecular weight excluding hydrogens is 485 g/mol. The number of ether oxygens (including phenoxy) is 2. The van der Waals surface area contributed by atoms with E-state index in [0.29, 0.717) is 30.8 Å². The number of hydrogen-bond donors (Lipinski definition) is 0. The number of methoxy groups -OCH3 is 1. The molecule has 2 aromatic heterocycles. The molecule has 0 unspecified atom stereocenters. The zero-order valence-electron chi connectivity index (χ0n) is 15.9. The quantitative estimate of drug-likeness (QED) is 0.401. The second-order valence-electron chi connectivity index (χ2n) is 6.74. The topological polar surface area (TPSA) is 73.1 Å². The maximum Gasteiger partial charge on any atom is 0.357 e. The van der Waals surface area contributed by atoms with Crippen molar-refractivity contribution in [2.75, 3.05) is 38.3 Å². The molecule has 150 valence electrons. The number of anilines is 1. The number of carbonyl (C=O) groups excluding carboxylic acids is 1. The highest BCUT2D eigenvalue weighted by Gasteiger charge is 2.22. The molecule has 3 heterocycles. The Kier molecular flexibility index (Phi) is 5.81. The Hall–Kier alpha value is -2.46. The fourth-order valence-corrected chi connectivity index (χ4v) is 4.14. The summed E-state index contributed by atoms with van der Waals surface area (Å²) in [6.07, 6.45) is 2.10. The van der Waals surface area contributed by atoms with Crippen molar-refractivity contribution >= 4 is 39.9 Å². The van der Waals surface area contributed by atoms with Crippen LogP contribution < -0.4 is 10.5 Å². The van der Waals surface area contributed by atoms with Crippen LogP contribution in [0.15, 0.2) is 47.4 Å². The molecule has 0 saturated carbocycles. The van der Waals surface area contributed by atoms with Gasteiger partial charge in [0.15, 0.2) is 11.3 Å². The van der Waals surface area contributed by atoms with Crippen LogP contribution in [0.2, 0.25) is 0 Å². The second kappa shape index (κ2) is 8.50. The first-order chi connectivity index (χ1) is 14.1. The minimum absolute atomic E-state index is 0.0680. The van der Waals surface area contributed by atoms with E-state index < -0.39 is 5.97 Å². The Morgan fingerprint density at radius 3 is 2.66 bits per heavy atom. The van der Waals surface area contributed by atoms with Crippen molar-refractivity contribution in [2.24, 2.45) is 0 Å². The summed E-state index contributed by atoms with van der Waals surface area (Å²) in [6, 6.07) is 11.5. The lowest BCUT2D eigenvalue weighted by atomic mass is 10.0. The molecule has 1 aliphatic heterocycles. The number of aromatic nitrogens is 2. The van der Waals surface area contributed by atoms with Crippen LogP contribution in [0.4, 0.5) is 5.69 Å². The van der Waals surface area contributed by atoms with Gasteiger partial charge >= 0.3 is 5.97 Å². The summed E-state index contributed by atoms with van der Waals surface area (Å²) < 4.78 is 12.7. The molecule has 0 aliphatic carbocycles. The fourth-order valence-electron chi connectivity index (χ4n) is 3.44. The maximum absolute atomic E-state index is 13.4. The molecule has 0 amide bonds. The molecule has 0 bridgehead atoms. The third-order valence-corrected chi connectivity index (χ3v) is 5.73. The largest absolute Gasteiger partial charge is 0.464 e. The van der Waals surface area contributed by atoms with Crippen molar-refractivity contribution in [1.29, 1.82) is 0 Å². The van der Waals surface area contributed by atoms with Gasteiger partial charge < -0.3 is 14.4 Å². The van der Waals surface area contributed by atoms with E-state index in [0.717, 1.165) is 27.9 Å². The summed E-state index contributed by atoms with van der Waals surface area (Å²) >= 11 is 2.15. The van der Waals surface area contributed by atoms with Gasteiger partial charge in [-0.05, 0) is 34.2 Å². The first-order valence-corrected chi connectivity index (χ1v) is 10.4. The minimum atomic E-state index is -0.608. The summed E-state index contributed by atoms with van der Waals surface area (Å²) in [5, 5.41) is 0. The van der Waals surface area contributed by atoms with Crippen LogP contribution in [-0.4, -0.2) is 48.8 Å². The fraction of sp³-hybridized carbons (Fsp3) is 0.286. The summed E-state index contributed by atoms with van der Waals surface area (Å²) in [4.78, 5) is 32.5. The van der Waals surface area contributed by atoms with Crippen LogP contribution in [0.1, 0.15) is 21.6 Å². The number of morpholine rings is 1. The van der Waals surface area contributed by atoms with E-state index >= 15 is 0 Å². The lowest BCUT2D eigenvalue weighted by molar-refractivity contribution is 0.0592. The third kappa shape index (κ3) is 3.99. The number of rotatable bonds is 4. The zero-order chi connectivity index (χ0) is 20.4. The number of fused-ring (bicyclic) bond motifs is 1. The summed E-state index contributed by atoms with van der Waals surface area (Å²) in [7, 11) is 1.30. The molecule has 0 N–H and O–H groups in total. The molecular formula is C21H20IN3O4. The van der Waals surface area contributed by atoms with Gasteiger partial charge in [-0.3, -0.25) is 9.20 Å². The number of halogens is 1. The number of pyridine rings is 1. The van der Waals surface area contributed by atoms with Crippen LogP contribution in [0.25, 0.3) is 5.65 Å². The standard InChI is InChI=1S/C21H20IN3O4/c1-28-21(27)18-16(11-14-5-3-2-4-6-14)20(26)25-13-15(12-17(22)19(25)23-18)24-7-9-29-10-8-24/h2-6,12-13H,7-11H2,1H3. The van der Waals surface area contributed by atoms with E-state index in [2.05, 4.69) is 32.5 Å². The molecule has 1 fully saturated rings. The van der Waals surface area contributed by atoms with Gasteiger partial charge in [-0.1, -0.05) is 30.3 Å². The number of hydrogen-bond acceptors (Lipinski definition) is 6. The van der Waals surface area contributed by atoms with Gasteiger partial charge in [-0.2, -0.15) is 0 Å². The highest BCUT2D eigenvalue weighted by molar-refractivity contribution is 14.1. The number of nitrogens with zero attached hydrogens (tertiary/aromatic N) is 3. The van der Waals surface area contributed by atoms with Gasteiger partial charge in [0.25, 0.3) is 5.56 Å². The number of esters is 1. The molecule has 0 atom stereocenters. The SMILES string of the molecule is COC(=O)c1nc2c(I)cc(N3CCOCC3)cn2c(=O)c1Cc1ccccc1. The lowest BCUT2D eigenvalue weighted by Crippen LogP contribution is -2.37. The van der Waals surface area contributed by atoms with Gasteiger partial charge in [0.1, 0.15) is 0 Å². The second-order valence-corrected chi connectivity index (χ2v) is 7.90. The van der Waals surface area contributed by atoms with Crippen molar-refractivity contribution in [3.8, 4) is 0 Å². The molecule has 29 heavy (non-hydrogen) atoms. The van der Waals surface area contributed by atoms with Crippen molar-refractivity contribution in [3.05, 3.63) is 73.3 Å². The average Bonchev–Trinajstić information content (AvgIpc) is 2.76. The van der Waals surface area contributed by atoms with E-state index in [1.165, 1.54) is 11.5 Å². The van der Waals surface area contributed by atoms with Gasteiger partial charge in [-0.15, -0.1) is 0 Å². The Labute approximate surface area is 181 Å². The van der Waals surface area contributed by atoms with Crippen LogP contribution in [-0.2, 0) is 15.9 Å². The van der Waals surface area contributed by atoms with E-state index in [9.17, 15) is 9.59 Å². The zero-order valence-corrected chi connectivity index (χ0v) is 18.1. The van der Waals surface area contributed by atoms with E-state index in [1.807, 2.05) is 36.4 Å². The van der Waals surface area contributed by atoms with Crippen molar-refractivity contribution in [3.63, 3.8) is 0 Å². The van der Waals surface area contributed by atoms with Crippen LogP contribution in [0, 0.1) is 3.57 Å². The predicted octanol–water partition coefficient (Wildman–Crippen LogP) is 2.51. The van der Waals surface area contributed by atoms with Gasteiger partial charge in [0, 0.05) is 25.7 Å². The Morgan fingerprint density at radius 1 is 1.24 bits per heavy atom. The highest BCUT2D eigenvalue weighted by Crippen LogP contribution is 2.22. The van der Waals surface area contributed by atoms with Crippen molar-refractivity contribution < 1.29 is 14.3 Å². The third-order valence-electron chi connectivity index (χ3n) is 4.94. The molecule has 1 saturated heterocycles. The monoisotopic (exact) mass is 505 g/mol. The number of benzene rings is 1. The molecule has 0 spiro atoms. The molecule has 0 radical (unpaired) electrons. The Balaban J connectivity index is 1.90. The average molecular weight is 505 g/mol. The molecule has 4 rings (SSSR count). The van der Waals surface area contributed by atoms with Crippen LogP contribution >= 0.6 is 22.6 Å². The van der Waals surface area contributed by atoms with Gasteiger partial charge in [0.2, 0.25) is 0 Å². The molecule has 1 aliphatic rings. The molecule has 8 heteroatoms. The Bertz CT molecular complexity index is 1110. The van der Waals surface area contributed by atoms with E-state index in [1.54, 1.807) is 6.20 Å². The van der Waals surface area contributed by atoms with Crippen molar-refractivity contribution in [1.82, 2.24) is 9.38 Å². The van der Waals surface area contributed by atoms with Crippen LogP contribution in [0.3, 0.4) is 0 Å². The van der Waals surface area contributed by atoms with E-state index in [-0.39, 0.29) is 11.3 Å². The van der Waals surface area contributed by atoms with Crippen molar-refractivity contribution in [2.45, 2.75) is 6.42 Å². The van der Waals surface area contributed by atoms with E-state index in [4.69, 9.17) is 9.47 Å². The predicted molar refractivity (Wildman–Crippen MR) is 118 cm³/mol. The lowest BCUT2D eigenvalue weighted by Gasteiger charge is -2.29. The number of carbonyl (C=O) groups is 1. The summed E-state index contributed by atoms with van der Waals surface area (Å²) in [6.45, 7) is 2.84. The maximum atomic E-state index is 13.4. The molecule has 3 aromatic rings.